The molecule has 1 unspecified atom stereocenters. The first kappa shape index (κ1) is 10.7. The summed E-state index contributed by atoms with van der Waals surface area (Å²) in [4.78, 5) is 6.13. The molecule has 0 spiro atoms. The van der Waals surface area contributed by atoms with Crippen LogP contribution in [-0.4, -0.2) is 30.2 Å². The molecule has 0 amide bonds. The van der Waals surface area contributed by atoms with Gasteiger partial charge in [0.25, 0.3) is 0 Å². The lowest BCUT2D eigenvalue weighted by Crippen LogP contribution is -2.30. The van der Waals surface area contributed by atoms with Crippen molar-refractivity contribution in [3.63, 3.8) is 0 Å². The fourth-order valence-electron chi connectivity index (χ4n) is 0.712. The van der Waals surface area contributed by atoms with Crippen LogP contribution >= 0.6 is 22.6 Å². The molecule has 0 aliphatic heterocycles. The molecular weight excluding hydrogens is 279 g/mol. The predicted molar refractivity (Wildman–Crippen MR) is 60.7 cm³/mol. The van der Waals surface area contributed by atoms with E-state index in [1.807, 2.05) is 38.1 Å². The first-order chi connectivity index (χ1) is 6.09. The minimum atomic E-state index is 0.0487. The molecule has 0 aliphatic rings. The Bertz CT molecular complexity index is 261. The largest absolute Gasteiger partial charge is 0.459 e. The number of hydrogen-bond donors (Lipinski definition) is 0. The zero-order valence-corrected chi connectivity index (χ0v) is 10.1. The van der Waals surface area contributed by atoms with Gasteiger partial charge in [0.2, 0.25) is 5.88 Å². The van der Waals surface area contributed by atoms with E-state index in [0.29, 0.717) is 5.88 Å². The summed E-state index contributed by atoms with van der Waals surface area (Å²) in [6.07, 6.45) is 1.84. The lowest BCUT2D eigenvalue weighted by atomic mass is 10.5. The first-order valence-corrected chi connectivity index (χ1v) is 5.12. The van der Waals surface area contributed by atoms with Crippen molar-refractivity contribution < 1.29 is 4.74 Å². The maximum Gasteiger partial charge on any atom is 0.214 e. The highest BCUT2D eigenvalue weighted by molar-refractivity contribution is 14.1. The fraction of sp³-hybridized carbons (Fsp3) is 0.444. The quantitative estimate of drug-likeness (QED) is 0.629. The minimum Gasteiger partial charge on any atom is -0.459 e. The molecule has 0 fully saturated rings. The highest BCUT2D eigenvalue weighted by Gasteiger charge is 2.05. The molecule has 3 nitrogen and oxygen atoms in total. The van der Waals surface area contributed by atoms with Gasteiger partial charge in [-0.25, -0.2) is 4.98 Å². The molecule has 1 rings (SSSR count). The summed E-state index contributed by atoms with van der Waals surface area (Å²) < 4.78 is 6.66. The average Bonchev–Trinajstić information content (AvgIpc) is 2.08. The van der Waals surface area contributed by atoms with Gasteiger partial charge in [-0.05, 0) is 49.7 Å². The normalized spacial score (nSPS) is 13.0. The van der Waals surface area contributed by atoms with Crippen LogP contribution in [0, 0.1) is 3.57 Å². The van der Waals surface area contributed by atoms with Gasteiger partial charge in [0.1, 0.15) is 0 Å². The van der Waals surface area contributed by atoms with Gasteiger partial charge < -0.3 is 4.74 Å². The molecular formula is C9H13IN2O. The van der Waals surface area contributed by atoms with E-state index in [2.05, 4.69) is 27.6 Å². The Morgan fingerprint density at radius 2 is 2.15 bits per heavy atom. The van der Waals surface area contributed by atoms with Crippen molar-refractivity contribution in [3.8, 4) is 5.88 Å². The number of rotatable bonds is 3. The van der Waals surface area contributed by atoms with Gasteiger partial charge in [-0.2, -0.15) is 0 Å². The van der Waals surface area contributed by atoms with Crippen LogP contribution in [0.4, 0.5) is 0 Å². The summed E-state index contributed by atoms with van der Waals surface area (Å²) in [6.45, 7) is 1.99. The Kier molecular flexibility index (Phi) is 3.92. The van der Waals surface area contributed by atoms with E-state index in [1.54, 1.807) is 6.20 Å². The summed E-state index contributed by atoms with van der Waals surface area (Å²) in [5.41, 5.74) is 0. The van der Waals surface area contributed by atoms with Crippen LogP contribution in [0.2, 0.25) is 0 Å². The second-order valence-electron chi connectivity index (χ2n) is 3.00. The van der Waals surface area contributed by atoms with Crippen LogP contribution in [0.3, 0.4) is 0 Å². The third kappa shape index (κ3) is 3.48. The highest BCUT2D eigenvalue weighted by Crippen LogP contribution is 2.11. The topological polar surface area (TPSA) is 25.4 Å². The average molecular weight is 292 g/mol. The third-order valence-corrected chi connectivity index (χ3v) is 2.36. The molecule has 4 heteroatoms. The third-order valence-electron chi connectivity index (χ3n) is 1.72. The Morgan fingerprint density at radius 1 is 1.46 bits per heavy atom. The van der Waals surface area contributed by atoms with Crippen LogP contribution < -0.4 is 4.74 Å². The molecule has 1 atom stereocenters. The smallest absolute Gasteiger partial charge is 0.214 e. The van der Waals surface area contributed by atoms with E-state index in [0.717, 1.165) is 3.57 Å². The van der Waals surface area contributed by atoms with Crippen molar-refractivity contribution in [3.05, 3.63) is 21.9 Å². The van der Waals surface area contributed by atoms with Gasteiger partial charge in [0, 0.05) is 15.8 Å². The molecule has 1 aromatic rings. The minimum absolute atomic E-state index is 0.0487. The van der Waals surface area contributed by atoms with Gasteiger partial charge in [-0.3, -0.25) is 4.90 Å². The zero-order valence-electron chi connectivity index (χ0n) is 7.99. The van der Waals surface area contributed by atoms with Gasteiger partial charge >= 0.3 is 0 Å². The molecule has 0 saturated carbocycles. The van der Waals surface area contributed by atoms with Gasteiger partial charge in [-0.15, -0.1) is 0 Å². The molecule has 0 aliphatic carbocycles. The van der Waals surface area contributed by atoms with Gasteiger partial charge in [0.05, 0.1) is 0 Å². The number of ether oxygens (including phenoxy) is 1. The maximum atomic E-state index is 5.54. The Morgan fingerprint density at radius 3 is 2.62 bits per heavy atom. The monoisotopic (exact) mass is 292 g/mol. The number of pyridine rings is 1. The van der Waals surface area contributed by atoms with Crippen molar-refractivity contribution in [2.45, 2.75) is 13.2 Å². The molecule has 13 heavy (non-hydrogen) atoms. The van der Waals surface area contributed by atoms with Gasteiger partial charge in [0.15, 0.2) is 6.23 Å². The maximum absolute atomic E-state index is 5.54. The zero-order chi connectivity index (χ0) is 9.84. The van der Waals surface area contributed by atoms with Crippen LogP contribution in [-0.2, 0) is 0 Å². The molecule has 1 heterocycles. The van der Waals surface area contributed by atoms with Crippen molar-refractivity contribution in [1.82, 2.24) is 9.88 Å². The van der Waals surface area contributed by atoms with E-state index in [1.165, 1.54) is 0 Å². The first-order valence-electron chi connectivity index (χ1n) is 4.04. The van der Waals surface area contributed by atoms with Crippen LogP contribution in [0.1, 0.15) is 6.92 Å². The lowest BCUT2D eigenvalue weighted by Gasteiger charge is -2.20. The standard InChI is InChI=1S/C9H13IN2O/c1-7(12(2)3)13-9-5-4-8(10)6-11-9/h4-7H,1-3H3. The number of halogens is 1. The van der Waals surface area contributed by atoms with E-state index in [9.17, 15) is 0 Å². The number of aromatic nitrogens is 1. The van der Waals surface area contributed by atoms with Crippen LogP contribution in [0.15, 0.2) is 18.3 Å². The Hall–Kier alpha value is -0.360. The molecule has 0 saturated heterocycles. The lowest BCUT2D eigenvalue weighted by molar-refractivity contribution is 0.0768. The van der Waals surface area contributed by atoms with E-state index < -0.39 is 0 Å². The molecule has 0 aromatic carbocycles. The Labute approximate surface area is 92.2 Å². The van der Waals surface area contributed by atoms with Crippen molar-refractivity contribution in [2.24, 2.45) is 0 Å². The second kappa shape index (κ2) is 4.76. The SMILES string of the molecule is CC(Oc1ccc(I)cn1)N(C)C. The number of hydrogen-bond acceptors (Lipinski definition) is 3. The van der Waals surface area contributed by atoms with Crippen molar-refractivity contribution in [1.29, 1.82) is 0 Å². The van der Waals surface area contributed by atoms with E-state index in [-0.39, 0.29) is 6.23 Å². The molecule has 72 valence electrons. The Balaban J connectivity index is 2.59. The fourth-order valence-corrected chi connectivity index (χ4v) is 1.03. The summed E-state index contributed by atoms with van der Waals surface area (Å²) in [7, 11) is 3.94. The van der Waals surface area contributed by atoms with Crippen LogP contribution in [0.5, 0.6) is 5.88 Å². The summed E-state index contributed by atoms with van der Waals surface area (Å²) in [5.74, 6) is 0.668. The molecule has 0 radical (unpaired) electrons. The predicted octanol–water partition coefficient (Wildman–Crippen LogP) is 1.97. The molecule has 0 bridgehead atoms. The summed E-state index contributed by atoms with van der Waals surface area (Å²) in [5, 5.41) is 0. The van der Waals surface area contributed by atoms with E-state index >= 15 is 0 Å². The highest BCUT2D eigenvalue weighted by atomic mass is 127. The molecule has 0 N–H and O–H groups in total. The van der Waals surface area contributed by atoms with E-state index in [4.69, 9.17) is 4.74 Å². The molecule has 1 aromatic heterocycles. The summed E-state index contributed by atoms with van der Waals surface area (Å²) >= 11 is 2.22. The number of nitrogens with zero attached hydrogens (tertiary/aromatic N) is 2. The second-order valence-corrected chi connectivity index (χ2v) is 4.24. The van der Waals surface area contributed by atoms with Crippen molar-refractivity contribution >= 4 is 22.6 Å². The van der Waals surface area contributed by atoms with Crippen molar-refractivity contribution in [2.75, 3.05) is 14.1 Å². The summed E-state index contributed by atoms with van der Waals surface area (Å²) in [6, 6.07) is 3.85. The van der Waals surface area contributed by atoms with Gasteiger partial charge in [-0.1, -0.05) is 0 Å². The van der Waals surface area contributed by atoms with Crippen LogP contribution in [0.25, 0.3) is 0 Å².